The van der Waals surface area contributed by atoms with Gasteiger partial charge in [0.05, 0.1) is 0 Å². The van der Waals surface area contributed by atoms with Crippen LogP contribution in [0.1, 0.15) is 0 Å². The van der Waals surface area contributed by atoms with Crippen molar-refractivity contribution in [2.24, 2.45) is 0 Å². The molecule has 0 aliphatic rings. The normalized spacial score (nSPS) is 1.75. The van der Waals surface area contributed by atoms with Gasteiger partial charge in [-0.1, -0.05) is 0 Å². The van der Waals surface area contributed by atoms with E-state index in [2.05, 4.69) is 0 Å². The summed E-state index contributed by atoms with van der Waals surface area (Å²) in [6, 6.07) is 0. The molecule has 0 N–H and O–H groups in total. The Balaban J connectivity index is -0.00000000500. The van der Waals surface area contributed by atoms with E-state index in [-0.39, 0.29) is 73.5 Å². The van der Waals surface area contributed by atoms with E-state index < -0.39 is 0 Å². The third-order valence-corrected chi connectivity index (χ3v) is 0. The molecule has 0 saturated carbocycles. The standard InChI is InChI=1S/FH.Li.Nd.Y/h1H;;;/q;+1;;/p-1. The van der Waals surface area contributed by atoms with Gasteiger partial charge in [-0.3, -0.25) is 0 Å². The van der Waals surface area contributed by atoms with Crippen LogP contribution >= 0.6 is 0 Å². The number of halogens is 1. The first kappa shape index (κ1) is 15.8. The van der Waals surface area contributed by atoms with Crippen LogP contribution in [-0.2, 0) is 32.7 Å². The van der Waals surface area contributed by atoms with Crippen LogP contribution in [-0.4, -0.2) is 18.2 Å². The average molecular weight is 259 g/mol. The Bertz CT molecular complexity index is 8.00. The van der Waals surface area contributed by atoms with Crippen LogP contribution in [0, 0.1) is 40.8 Å². The molecule has 0 unspecified atom stereocenters. The van der Waals surface area contributed by atoms with Crippen LogP contribution in [0.3, 0.4) is 0 Å². The topological polar surface area (TPSA) is 0 Å². The second kappa shape index (κ2) is 16.7. The Hall–Kier alpha value is 2.98. The molecule has 0 heterocycles. The predicted octanol–water partition coefficient (Wildman–Crippen LogP) is 0.0369. The largest absolute Gasteiger partial charge is 0 e. The van der Waals surface area contributed by atoms with Gasteiger partial charge < -0.3 is 0 Å². The van der Waals surface area contributed by atoms with Gasteiger partial charge in [-0.2, -0.15) is 0 Å². The van der Waals surface area contributed by atoms with Crippen LogP contribution in [0.5, 0.6) is 0 Å². The van der Waals surface area contributed by atoms with Gasteiger partial charge in [-0.15, -0.1) is 0 Å². The fraction of sp³-hybridized carbons (Fsp3) is 0. The van der Waals surface area contributed by atoms with Gasteiger partial charge in [0.2, 0.25) is 0 Å². The summed E-state index contributed by atoms with van der Waals surface area (Å²) in [5.74, 6) is 0. The van der Waals surface area contributed by atoms with E-state index in [0.717, 1.165) is 0 Å². The van der Waals surface area contributed by atoms with E-state index in [1.807, 2.05) is 0 Å². The number of hydrogen-bond donors (Lipinski definition) is 0. The summed E-state index contributed by atoms with van der Waals surface area (Å²) in [6.45, 7) is 0. The molecule has 0 aromatic rings. The summed E-state index contributed by atoms with van der Waals surface area (Å²) >= 11 is 0.500. The third-order valence-electron chi connectivity index (χ3n) is 0. The quantitative estimate of drug-likeness (QED) is 0.539. The first-order chi connectivity index (χ1) is 1.00. The van der Waals surface area contributed by atoms with Crippen molar-refractivity contribution in [1.29, 1.82) is 0 Å². The number of hydrogen-bond acceptors (Lipinski definition) is 0. The molecule has 4 heteroatoms. The summed E-state index contributed by atoms with van der Waals surface area (Å²) in [5.41, 5.74) is 0. The van der Waals surface area contributed by atoms with Gasteiger partial charge in [0.25, 0.3) is 0 Å². The van der Waals surface area contributed by atoms with Crippen LogP contribution < -0.4 is 0 Å². The first-order valence-electron chi connectivity index (χ1n) is 0.378. The van der Waals surface area contributed by atoms with E-state index in [0.29, 0.717) is 18.2 Å². The Morgan fingerprint density at radius 3 is 1.25 bits per heavy atom. The van der Waals surface area contributed by atoms with E-state index >= 15 is 0 Å². The maximum atomic E-state index is 9.50. The zero-order valence-corrected chi connectivity index (χ0v) is 8.50. The Labute approximate surface area is 92.8 Å². The molecule has 0 amide bonds. The smallest absolute Gasteiger partial charge is 0 e. The summed E-state index contributed by atoms with van der Waals surface area (Å²) in [4.78, 5) is 0. The van der Waals surface area contributed by atoms with Crippen molar-refractivity contribution in [1.82, 2.24) is 0 Å². The second-order valence-corrected chi connectivity index (χ2v) is 0. The van der Waals surface area contributed by atoms with Gasteiger partial charge in [-0.25, -0.2) is 0 Å². The van der Waals surface area contributed by atoms with Crippen molar-refractivity contribution < 1.29 is 76.9 Å². The summed E-state index contributed by atoms with van der Waals surface area (Å²) in [7, 11) is 0. The van der Waals surface area contributed by atoms with Gasteiger partial charge in [-0.05, 0) is 0 Å². The molecule has 1 radical (unpaired) electrons. The zero-order chi connectivity index (χ0) is 2.00. The summed E-state index contributed by atoms with van der Waals surface area (Å²) in [6.07, 6.45) is 0. The van der Waals surface area contributed by atoms with E-state index in [9.17, 15) is 3.38 Å². The molecule has 4 heavy (non-hydrogen) atoms. The molecule has 0 spiro atoms. The summed E-state index contributed by atoms with van der Waals surface area (Å²) in [5, 5.41) is 0. The second-order valence-electron chi connectivity index (χ2n) is 0. The average Bonchev–Trinajstić information content (AvgIpc) is 1.00. The molecule has 0 bridgehead atoms. The van der Waals surface area contributed by atoms with Crippen molar-refractivity contribution in [2.75, 3.05) is 0 Å². The van der Waals surface area contributed by atoms with Crippen LogP contribution in [0.15, 0.2) is 0 Å². The Morgan fingerprint density at radius 1 is 1.25 bits per heavy atom. The number of rotatable bonds is 0. The fourth-order valence-corrected chi connectivity index (χ4v) is 0. The van der Waals surface area contributed by atoms with Crippen molar-refractivity contribution in [3.63, 3.8) is 0 Å². The van der Waals surface area contributed by atoms with Gasteiger partial charge in [0.15, 0.2) is 0 Å². The van der Waals surface area contributed by atoms with Crippen LogP contribution in [0.4, 0.5) is 3.38 Å². The maximum Gasteiger partial charge on any atom is 0 e. The van der Waals surface area contributed by atoms with Gasteiger partial charge >= 0.3 is 21.6 Å². The molecule has 0 aromatic heterocycles. The molecule has 0 aliphatic heterocycles. The molecule has 0 saturated heterocycles. The Morgan fingerprint density at radius 2 is 1.25 bits per heavy atom. The monoisotopic (exact) mass is 257 g/mol. The molecule has 0 nitrogen and oxygen atoms in total. The minimum absolute atomic E-state index is 0. The van der Waals surface area contributed by atoms with E-state index in [1.54, 1.807) is 0 Å². The van der Waals surface area contributed by atoms with Crippen molar-refractivity contribution in [3.05, 3.63) is 0 Å². The summed E-state index contributed by atoms with van der Waals surface area (Å²) < 4.78 is 9.50. The fourth-order valence-electron chi connectivity index (χ4n) is 0. The molecule has 0 atom stereocenters. The molecular formula is FLiNdY. The minimum atomic E-state index is 0. The van der Waals surface area contributed by atoms with Gasteiger partial charge in [0, 0.05) is 73.5 Å². The first-order valence-corrected chi connectivity index (χ1v) is 0.378. The van der Waals surface area contributed by atoms with E-state index in [1.165, 1.54) is 0 Å². The van der Waals surface area contributed by atoms with E-state index in [4.69, 9.17) is 0 Å². The molecule has 0 fully saturated rings. The van der Waals surface area contributed by atoms with Crippen molar-refractivity contribution >= 4 is 18.2 Å². The SMILES string of the molecule is [Li][F].[Nd].[Y]. The van der Waals surface area contributed by atoms with Gasteiger partial charge in [0.1, 0.15) is 0 Å². The van der Waals surface area contributed by atoms with Crippen molar-refractivity contribution in [2.45, 2.75) is 0 Å². The van der Waals surface area contributed by atoms with Crippen LogP contribution in [0.2, 0.25) is 0 Å². The van der Waals surface area contributed by atoms with Crippen LogP contribution in [0.25, 0.3) is 0 Å². The molecule has 15 valence electrons. The predicted molar refractivity (Wildman–Crippen MR) is 6.86 cm³/mol. The Kier molecular flexibility index (Phi) is 65.8. The molecule has 0 rings (SSSR count). The molecule has 0 aromatic carbocycles. The minimum Gasteiger partial charge on any atom is 0 e. The molecule has 0 aliphatic carbocycles. The third kappa shape index (κ3) is 8.88. The molecular weight excluding hydrogens is 259 g/mol. The zero-order valence-electron chi connectivity index (χ0n) is 2.46. The van der Waals surface area contributed by atoms with Crippen molar-refractivity contribution in [3.8, 4) is 0 Å². The maximum absolute atomic E-state index is 9.50.